The first-order valence-electron chi connectivity index (χ1n) is 6.43. The molecule has 1 atom stereocenters. The van der Waals surface area contributed by atoms with E-state index in [1.807, 2.05) is 11.7 Å². The predicted molar refractivity (Wildman–Crippen MR) is 72.7 cm³/mol. The number of hydrogen-bond donors (Lipinski definition) is 1. The Bertz CT molecular complexity index is 491. The molecule has 0 radical (unpaired) electrons. The van der Waals surface area contributed by atoms with Gasteiger partial charge in [0.05, 0.1) is 11.2 Å². The Kier molecular flexibility index (Phi) is 3.43. The van der Waals surface area contributed by atoms with E-state index in [0.717, 1.165) is 13.1 Å². The van der Waals surface area contributed by atoms with Crippen molar-refractivity contribution in [3.8, 4) is 0 Å². The molecule has 1 aliphatic heterocycles. The molecule has 1 saturated heterocycles. The maximum atomic E-state index is 4.33. The van der Waals surface area contributed by atoms with Crippen molar-refractivity contribution in [2.24, 2.45) is 0 Å². The van der Waals surface area contributed by atoms with Gasteiger partial charge in [0, 0.05) is 35.8 Å². The number of nitrogens with one attached hydrogen (secondary N) is 1. The van der Waals surface area contributed by atoms with Crippen LogP contribution in [0.2, 0.25) is 0 Å². The third kappa shape index (κ3) is 2.47. The van der Waals surface area contributed by atoms with Crippen molar-refractivity contribution < 1.29 is 0 Å². The Balaban J connectivity index is 1.66. The third-order valence-corrected chi connectivity index (χ3v) is 4.60. The zero-order valence-corrected chi connectivity index (χ0v) is 11.4. The van der Waals surface area contributed by atoms with Crippen molar-refractivity contribution in [2.75, 3.05) is 13.1 Å². The summed E-state index contributed by atoms with van der Waals surface area (Å²) in [6.07, 6.45) is 4.38. The van der Waals surface area contributed by atoms with Crippen LogP contribution in [0.5, 0.6) is 0 Å². The molecular weight excluding hydrogens is 244 g/mol. The van der Waals surface area contributed by atoms with Crippen LogP contribution in [0.15, 0.2) is 17.8 Å². The lowest BCUT2D eigenvalue weighted by atomic mass is 9.95. The third-order valence-electron chi connectivity index (χ3n) is 3.68. The SMILES string of the molecule is Cc1ncsc1CN1CCC[C@H](c2ccn[nH]2)C1. The number of aromatic nitrogens is 3. The highest BCUT2D eigenvalue weighted by molar-refractivity contribution is 7.09. The number of aromatic amines is 1. The quantitative estimate of drug-likeness (QED) is 0.924. The molecule has 5 heteroatoms. The molecule has 0 amide bonds. The van der Waals surface area contributed by atoms with E-state index in [1.165, 1.54) is 35.7 Å². The van der Waals surface area contributed by atoms with Gasteiger partial charge in [-0.1, -0.05) is 0 Å². The maximum Gasteiger partial charge on any atom is 0.0798 e. The highest BCUT2D eigenvalue weighted by Crippen LogP contribution is 2.27. The first kappa shape index (κ1) is 11.9. The molecule has 2 aromatic heterocycles. The number of piperidine rings is 1. The number of aryl methyl sites for hydroxylation is 1. The lowest BCUT2D eigenvalue weighted by molar-refractivity contribution is 0.199. The summed E-state index contributed by atoms with van der Waals surface area (Å²) in [4.78, 5) is 8.27. The van der Waals surface area contributed by atoms with Gasteiger partial charge in [0.2, 0.25) is 0 Å². The summed E-state index contributed by atoms with van der Waals surface area (Å²) in [7, 11) is 0. The van der Waals surface area contributed by atoms with Gasteiger partial charge < -0.3 is 0 Å². The molecule has 18 heavy (non-hydrogen) atoms. The first-order valence-corrected chi connectivity index (χ1v) is 7.31. The second-order valence-electron chi connectivity index (χ2n) is 4.95. The highest BCUT2D eigenvalue weighted by atomic mass is 32.1. The second-order valence-corrected chi connectivity index (χ2v) is 5.89. The van der Waals surface area contributed by atoms with Crippen LogP contribution >= 0.6 is 11.3 Å². The standard InChI is InChI=1S/C13H18N4S/c1-10-13(18-9-14-10)8-17-6-2-3-11(7-17)12-4-5-15-16-12/h4-5,9,11H,2-3,6-8H2,1H3,(H,15,16)/t11-/m0/s1. The van der Waals surface area contributed by atoms with Crippen LogP contribution in [0.1, 0.15) is 35.0 Å². The lowest BCUT2D eigenvalue weighted by Crippen LogP contribution is -2.34. The number of thiazole rings is 1. The minimum absolute atomic E-state index is 0.606. The number of H-pyrrole nitrogens is 1. The van der Waals surface area contributed by atoms with Gasteiger partial charge >= 0.3 is 0 Å². The van der Waals surface area contributed by atoms with Crippen molar-refractivity contribution in [1.82, 2.24) is 20.1 Å². The van der Waals surface area contributed by atoms with Crippen LogP contribution in [-0.2, 0) is 6.54 Å². The normalized spacial score (nSPS) is 21.3. The Hall–Kier alpha value is -1.20. The van der Waals surface area contributed by atoms with Crippen molar-refractivity contribution in [3.05, 3.63) is 34.0 Å². The molecule has 96 valence electrons. The summed E-state index contributed by atoms with van der Waals surface area (Å²) < 4.78 is 0. The Labute approximate surface area is 111 Å². The Morgan fingerprint density at radius 1 is 1.56 bits per heavy atom. The average molecular weight is 262 g/mol. The second kappa shape index (κ2) is 5.20. The molecule has 3 heterocycles. The molecule has 0 aromatic carbocycles. The molecule has 2 aromatic rings. The molecule has 4 nitrogen and oxygen atoms in total. The van der Waals surface area contributed by atoms with Gasteiger partial charge in [-0.05, 0) is 32.4 Å². The van der Waals surface area contributed by atoms with Crippen molar-refractivity contribution >= 4 is 11.3 Å². The van der Waals surface area contributed by atoms with E-state index in [1.54, 1.807) is 11.3 Å². The number of rotatable bonds is 3. The Morgan fingerprint density at radius 3 is 3.22 bits per heavy atom. The van der Waals surface area contributed by atoms with Crippen LogP contribution in [0.4, 0.5) is 0 Å². The van der Waals surface area contributed by atoms with Crippen molar-refractivity contribution in [1.29, 1.82) is 0 Å². The van der Waals surface area contributed by atoms with Crippen LogP contribution in [0.25, 0.3) is 0 Å². The molecule has 0 unspecified atom stereocenters. The van der Waals surface area contributed by atoms with Crippen molar-refractivity contribution in [3.63, 3.8) is 0 Å². The fourth-order valence-electron chi connectivity index (χ4n) is 2.63. The van der Waals surface area contributed by atoms with E-state index in [4.69, 9.17) is 0 Å². The largest absolute Gasteiger partial charge is 0.298 e. The molecule has 0 aliphatic carbocycles. The summed E-state index contributed by atoms with van der Waals surface area (Å²) in [5.41, 5.74) is 4.41. The van der Waals surface area contributed by atoms with E-state index >= 15 is 0 Å². The molecular formula is C13H18N4S. The topological polar surface area (TPSA) is 44.8 Å². The molecule has 0 spiro atoms. The molecule has 1 N–H and O–H groups in total. The zero-order valence-electron chi connectivity index (χ0n) is 10.6. The molecule has 3 rings (SSSR count). The Morgan fingerprint density at radius 2 is 2.50 bits per heavy atom. The fraction of sp³-hybridized carbons (Fsp3) is 0.538. The van der Waals surface area contributed by atoms with Gasteiger partial charge in [0.1, 0.15) is 0 Å². The van der Waals surface area contributed by atoms with Crippen LogP contribution in [0.3, 0.4) is 0 Å². The number of likely N-dealkylation sites (tertiary alicyclic amines) is 1. The maximum absolute atomic E-state index is 4.33. The van der Waals surface area contributed by atoms with Crippen molar-refractivity contribution in [2.45, 2.75) is 32.2 Å². The van der Waals surface area contributed by atoms with Gasteiger partial charge in [-0.2, -0.15) is 5.10 Å². The predicted octanol–water partition coefficient (Wildman–Crippen LogP) is 2.55. The summed E-state index contributed by atoms with van der Waals surface area (Å²) in [6.45, 7) is 5.46. The summed E-state index contributed by atoms with van der Waals surface area (Å²) in [5, 5.41) is 7.17. The van der Waals surface area contributed by atoms with E-state index in [9.17, 15) is 0 Å². The van der Waals surface area contributed by atoms with E-state index < -0.39 is 0 Å². The fourth-order valence-corrected chi connectivity index (χ4v) is 3.45. The van der Waals surface area contributed by atoms with E-state index in [2.05, 4.69) is 33.1 Å². The van der Waals surface area contributed by atoms with Gasteiger partial charge in [-0.25, -0.2) is 4.98 Å². The summed E-state index contributed by atoms with van der Waals surface area (Å²) in [6, 6.07) is 2.10. The van der Waals surface area contributed by atoms with Gasteiger partial charge in [-0.15, -0.1) is 11.3 Å². The highest BCUT2D eigenvalue weighted by Gasteiger charge is 2.22. The summed E-state index contributed by atoms with van der Waals surface area (Å²) >= 11 is 1.77. The number of hydrogen-bond acceptors (Lipinski definition) is 4. The van der Waals surface area contributed by atoms with Gasteiger partial charge in [0.15, 0.2) is 0 Å². The van der Waals surface area contributed by atoms with Crippen LogP contribution in [0, 0.1) is 6.92 Å². The minimum Gasteiger partial charge on any atom is -0.298 e. The molecule has 0 bridgehead atoms. The molecule has 0 saturated carbocycles. The van der Waals surface area contributed by atoms with Crippen LogP contribution in [-0.4, -0.2) is 33.2 Å². The van der Waals surface area contributed by atoms with E-state index in [0.29, 0.717) is 5.92 Å². The smallest absolute Gasteiger partial charge is 0.0798 e. The molecule has 1 aliphatic rings. The lowest BCUT2D eigenvalue weighted by Gasteiger charge is -2.31. The minimum atomic E-state index is 0.606. The van der Waals surface area contributed by atoms with E-state index in [-0.39, 0.29) is 0 Å². The first-order chi connectivity index (χ1) is 8.83. The van der Waals surface area contributed by atoms with Gasteiger partial charge in [0.25, 0.3) is 0 Å². The van der Waals surface area contributed by atoms with Gasteiger partial charge in [-0.3, -0.25) is 10.00 Å². The monoisotopic (exact) mass is 262 g/mol. The molecule has 1 fully saturated rings. The van der Waals surface area contributed by atoms with Crippen LogP contribution < -0.4 is 0 Å². The number of nitrogens with zero attached hydrogens (tertiary/aromatic N) is 3. The average Bonchev–Trinajstić information content (AvgIpc) is 3.02. The zero-order chi connectivity index (χ0) is 12.4. The summed E-state index contributed by atoms with van der Waals surface area (Å²) in [5.74, 6) is 0.606.